The van der Waals surface area contributed by atoms with Crippen LogP contribution < -0.4 is 5.32 Å². The summed E-state index contributed by atoms with van der Waals surface area (Å²) < 4.78 is 0. The number of nitrogens with one attached hydrogen (secondary N) is 1. The van der Waals surface area contributed by atoms with Gasteiger partial charge in [-0.1, -0.05) is 12.8 Å². The molecule has 1 N–H and O–H groups in total. The van der Waals surface area contributed by atoms with Gasteiger partial charge < -0.3 is 15.1 Å². The Morgan fingerprint density at radius 2 is 1.67 bits per heavy atom. The van der Waals surface area contributed by atoms with Gasteiger partial charge in [0.05, 0.1) is 5.92 Å². The van der Waals surface area contributed by atoms with E-state index in [1.165, 1.54) is 12.8 Å². The third-order valence-corrected chi connectivity index (χ3v) is 5.45. The van der Waals surface area contributed by atoms with Crippen LogP contribution in [0.15, 0.2) is 24.3 Å². The van der Waals surface area contributed by atoms with Gasteiger partial charge in [-0.2, -0.15) is 0 Å². The summed E-state index contributed by atoms with van der Waals surface area (Å²) in [6, 6.07) is 7.17. The van der Waals surface area contributed by atoms with Crippen LogP contribution in [0.3, 0.4) is 0 Å². The van der Waals surface area contributed by atoms with Crippen LogP contribution in [0.5, 0.6) is 0 Å². The molecular weight excluding hydrogens is 342 g/mol. The zero-order valence-electron chi connectivity index (χ0n) is 16.2. The van der Waals surface area contributed by atoms with Gasteiger partial charge >= 0.3 is 0 Å². The van der Waals surface area contributed by atoms with Crippen LogP contribution in [0.25, 0.3) is 0 Å². The van der Waals surface area contributed by atoms with Crippen molar-refractivity contribution in [2.45, 2.75) is 52.0 Å². The predicted molar refractivity (Wildman–Crippen MR) is 104 cm³/mol. The van der Waals surface area contributed by atoms with Crippen LogP contribution in [0.2, 0.25) is 0 Å². The average Bonchev–Trinajstić information content (AvgIpc) is 2.87. The lowest BCUT2D eigenvalue weighted by atomic mass is 10.1. The topological polar surface area (TPSA) is 69.7 Å². The van der Waals surface area contributed by atoms with Gasteiger partial charge in [0, 0.05) is 43.3 Å². The summed E-state index contributed by atoms with van der Waals surface area (Å²) in [4.78, 5) is 40.7. The van der Waals surface area contributed by atoms with E-state index in [-0.39, 0.29) is 36.1 Å². The van der Waals surface area contributed by atoms with Crippen LogP contribution in [0.4, 0.5) is 5.69 Å². The highest BCUT2D eigenvalue weighted by atomic mass is 16.2. The molecule has 3 amide bonds. The Morgan fingerprint density at radius 1 is 1.04 bits per heavy atom. The molecule has 2 heterocycles. The molecule has 0 spiro atoms. The molecule has 0 saturated carbocycles. The molecule has 1 aromatic rings. The van der Waals surface area contributed by atoms with Gasteiger partial charge in [0.15, 0.2) is 0 Å². The molecule has 27 heavy (non-hydrogen) atoms. The van der Waals surface area contributed by atoms with Crippen molar-refractivity contribution in [1.29, 1.82) is 0 Å². The minimum absolute atomic E-state index is 0.0311. The van der Waals surface area contributed by atoms with E-state index in [0.29, 0.717) is 17.8 Å². The van der Waals surface area contributed by atoms with Crippen molar-refractivity contribution < 1.29 is 14.4 Å². The van der Waals surface area contributed by atoms with Crippen molar-refractivity contribution in [3.8, 4) is 0 Å². The van der Waals surface area contributed by atoms with Gasteiger partial charge in [-0.3, -0.25) is 14.4 Å². The van der Waals surface area contributed by atoms with Gasteiger partial charge in [0.25, 0.3) is 5.91 Å². The second-order valence-corrected chi connectivity index (χ2v) is 7.81. The Bertz CT molecular complexity index is 691. The maximum absolute atomic E-state index is 12.6. The van der Waals surface area contributed by atoms with Crippen LogP contribution in [0, 0.1) is 5.92 Å². The smallest absolute Gasteiger partial charge is 0.253 e. The van der Waals surface area contributed by atoms with Crippen molar-refractivity contribution in [2.24, 2.45) is 5.92 Å². The first kappa shape index (κ1) is 19.4. The number of nitrogens with zero attached hydrogens (tertiary/aromatic N) is 2. The van der Waals surface area contributed by atoms with E-state index in [9.17, 15) is 14.4 Å². The molecule has 2 saturated heterocycles. The van der Waals surface area contributed by atoms with Crippen molar-refractivity contribution >= 4 is 23.4 Å². The summed E-state index contributed by atoms with van der Waals surface area (Å²) in [7, 11) is 0. The number of hydrogen-bond acceptors (Lipinski definition) is 3. The lowest BCUT2D eigenvalue weighted by molar-refractivity contribution is -0.129. The molecule has 2 aliphatic heterocycles. The summed E-state index contributed by atoms with van der Waals surface area (Å²) in [5, 5.41) is 2.88. The Labute approximate surface area is 160 Å². The molecule has 1 aromatic carbocycles. The third kappa shape index (κ3) is 4.67. The molecule has 6 heteroatoms. The number of benzene rings is 1. The molecule has 0 aromatic heterocycles. The van der Waals surface area contributed by atoms with E-state index >= 15 is 0 Å². The van der Waals surface area contributed by atoms with E-state index in [1.54, 1.807) is 29.2 Å². The van der Waals surface area contributed by atoms with E-state index in [4.69, 9.17) is 0 Å². The average molecular weight is 371 g/mol. The monoisotopic (exact) mass is 371 g/mol. The molecule has 0 aliphatic carbocycles. The molecule has 0 radical (unpaired) electrons. The second kappa shape index (κ2) is 8.55. The maximum atomic E-state index is 12.6. The Balaban J connectivity index is 1.58. The van der Waals surface area contributed by atoms with Gasteiger partial charge in [0.2, 0.25) is 11.8 Å². The molecule has 1 unspecified atom stereocenters. The van der Waals surface area contributed by atoms with Crippen molar-refractivity contribution in [3.63, 3.8) is 0 Å². The first-order valence-corrected chi connectivity index (χ1v) is 9.95. The third-order valence-electron chi connectivity index (χ3n) is 5.45. The summed E-state index contributed by atoms with van der Waals surface area (Å²) in [5.41, 5.74) is 1.31. The number of carbonyl (C=O) groups is 3. The minimum Gasteiger partial charge on any atom is -0.339 e. The zero-order chi connectivity index (χ0) is 19.4. The summed E-state index contributed by atoms with van der Waals surface area (Å²) in [6.07, 6.45) is 4.76. The van der Waals surface area contributed by atoms with Crippen LogP contribution in [0.1, 0.15) is 56.3 Å². The fourth-order valence-corrected chi connectivity index (χ4v) is 3.80. The van der Waals surface area contributed by atoms with E-state index < -0.39 is 0 Å². The Kier molecular flexibility index (Phi) is 6.14. The SMILES string of the molecule is CC(C)N1CC(C(=O)Nc2ccc(C(=O)N3CCCCCC3)cc2)CC1=O. The number of likely N-dealkylation sites (tertiary alicyclic amines) is 2. The maximum Gasteiger partial charge on any atom is 0.253 e. The largest absolute Gasteiger partial charge is 0.339 e. The van der Waals surface area contributed by atoms with Crippen molar-refractivity contribution in [2.75, 3.05) is 25.0 Å². The highest BCUT2D eigenvalue weighted by molar-refractivity contribution is 5.98. The molecule has 146 valence electrons. The fraction of sp³-hybridized carbons (Fsp3) is 0.571. The fourth-order valence-electron chi connectivity index (χ4n) is 3.80. The number of anilines is 1. The first-order chi connectivity index (χ1) is 13.0. The lowest BCUT2D eigenvalue weighted by Crippen LogP contribution is -2.33. The van der Waals surface area contributed by atoms with Crippen LogP contribution in [-0.2, 0) is 9.59 Å². The highest BCUT2D eigenvalue weighted by Crippen LogP contribution is 2.22. The molecule has 6 nitrogen and oxygen atoms in total. The van der Waals surface area contributed by atoms with Gasteiger partial charge in [-0.05, 0) is 51.0 Å². The lowest BCUT2D eigenvalue weighted by Gasteiger charge is -2.21. The first-order valence-electron chi connectivity index (χ1n) is 9.95. The van der Waals surface area contributed by atoms with Crippen LogP contribution in [-0.4, -0.2) is 53.2 Å². The number of carbonyl (C=O) groups excluding carboxylic acids is 3. The van der Waals surface area contributed by atoms with E-state index in [0.717, 1.165) is 25.9 Å². The second-order valence-electron chi connectivity index (χ2n) is 7.81. The summed E-state index contributed by atoms with van der Waals surface area (Å²) >= 11 is 0. The van der Waals surface area contributed by atoms with Crippen molar-refractivity contribution in [1.82, 2.24) is 9.80 Å². The molecular formula is C21H29N3O3. The molecule has 2 aliphatic rings. The zero-order valence-corrected chi connectivity index (χ0v) is 16.2. The Hall–Kier alpha value is -2.37. The molecule has 1 atom stereocenters. The van der Waals surface area contributed by atoms with Gasteiger partial charge in [0.1, 0.15) is 0 Å². The van der Waals surface area contributed by atoms with Gasteiger partial charge in [-0.15, -0.1) is 0 Å². The molecule has 2 fully saturated rings. The quantitative estimate of drug-likeness (QED) is 0.885. The van der Waals surface area contributed by atoms with Gasteiger partial charge in [-0.25, -0.2) is 0 Å². The summed E-state index contributed by atoms with van der Waals surface area (Å²) in [6.45, 7) is 6.02. The summed E-state index contributed by atoms with van der Waals surface area (Å²) in [5.74, 6) is -0.372. The van der Waals surface area contributed by atoms with E-state index in [2.05, 4.69) is 5.32 Å². The predicted octanol–water partition coefficient (Wildman–Crippen LogP) is 2.90. The minimum atomic E-state index is -0.321. The number of rotatable bonds is 4. The molecule has 3 rings (SSSR count). The number of amides is 3. The normalized spacial score (nSPS) is 20.7. The van der Waals surface area contributed by atoms with Crippen LogP contribution >= 0.6 is 0 Å². The standard InChI is InChI=1S/C21H29N3O3/c1-15(2)24-14-17(13-19(24)25)20(26)22-18-9-7-16(8-10-18)21(27)23-11-5-3-4-6-12-23/h7-10,15,17H,3-6,11-14H2,1-2H3,(H,22,26). The van der Waals surface area contributed by atoms with Crippen molar-refractivity contribution in [3.05, 3.63) is 29.8 Å². The Morgan fingerprint density at radius 3 is 2.22 bits per heavy atom. The highest BCUT2D eigenvalue weighted by Gasteiger charge is 2.35. The number of hydrogen-bond donors (Lipinski definition) is 1. The molecule has 0 bridgehead atoms. The van der Waals surface area contributed by atoms with E-state index in [1.807, 2.05) is 18.7 Å².